The lowest BCUT2D eigenvalue weighted by atomic mass is 9.99. The maximum atomic E-state index is 12.7. The fraction of sp³-hybridized carbons (Fsp3) is 0.737. The van der Waals surface area contributed by atoms with E-state index in [4.69, 9.17) is 9.84 Å². The molecule has 1 aliphatic carbocycles. The van der Waals surface area contributed by atoms with Crippen molar-refractivity contribution in [3.63, 3.8) is 0 Å². The van der Waals surface area contributed by atoms with Crippen molar-refractivity contribution >= 4 is 11.7 Å². The Bertz CT molecular complexity index is 791. The molecule has 7 heteroatoms. The zero-order valence-electron chi connectivity index (χ0n) is 15.5. The van der Waals surface area contributed by atoms with Gasteiger partial charge in [0.05, 0.1) is 18.9 Å². The molecule has 1 fully saturated rings. The molecule has 7 nitrogen and oxygen atoms in total. The van der Waals surface area contributed by atoms with Gasteiger partial charge in [-0.05, 0) is 25.7 Å². The molecule has 0 unspecified atom stereocenters. The monoisotopic (exact) mass is 359 g/mol. The number of H-pyrrole nitrogens is 1. The normalized spacial score (nSPS) is 20.4. The van der Waals surface area contributed by atoms with Gasteiger partial charge >= 0.3 is 0 Å². The van der Waals surface area contributed by atoms with Crippen LogP contribution in [-0.2, 0) is 17.6 Å². The molecule has 0 atom stereocenters. The molecule has 0 spiro atoms. The van der Waals surface area contributed by atoms with Crippen LogP contribution in [-0.4, -0.2) is 45.9 Å². The van der Waals surface area contributed by atoms with Gasteiger partial charge in [-0.1, -0.05) is 38.5 Å². The Morgan fingerprint density at radius 3 is 2.27 bits per heavy atom. The first-order valence-electron chi connectivity index (χ1n) is 10.2. The van der Waals surface area contributed by atoms with Gasteiger partial charge in [0, 0.05) is 18.7 Å². The molecule has 2 aromatic rings. The molecule has 0 amide bonds. The van der Waals surface area contributed by atoms with Crippen LogP contribution >= 0.6 is 0 Å². The summed E-state index contributed by atoms with van der Waals surface area (Å²) in [6.07, 6.45) is 11.6. The highest BCUT2D eigenvalue weighted by Gasteiger charge is 2.20. The average Bonchev–Trinajstić information content (AvgIpc) is 3.07. The van der Waals surface area contributed by atoms with Gasteiger partial charge in [-0.25, -0.2) is 4.52 Å². The number of ether oxygens (including phenoxy) is 1. The predicted octanol–water partition coefficient (Wildman–Crippen LogP) is 2.47. The Hall–Kier alpha value is -1.89. The number of aromatic amines is 1. The van der Waals surface area contributed by atoms with Gasteiger partial charge in [-0.2, -0.15) is 4.98 Å². The number of morpholine rings is 1. The minimum Gasteiger partial charge on any atom is -0.378 e. The van der Waals surface area contributed by atoms with Gasteiger partial charge in [0.25, 0.3) is 5.56 Å². The molecule has 26 heavy (non-hydrogen) atoms. The minimum atomic E-state index is 0.0190. The molecule has 0 bridgehead atoms. The molecule has 142 valence electrons. The third-order valence-corrected chi connectivity index (χ3v) is 5.58. The Morgan fingerprint density at radius 2 is 1.54 bits per heavy atom. The number of rotatable bonds is 1. The molecule has 3 heterocycles. The van der Waals surface area contributed by atoms with Crippen molar-refractivity contribution < 1.29 is 4.74 Å². The van der Waals surface area contributed by atoms with Crippen LogP contribution in [0.5, 0.6) is 0 Å². The van der Waals surface area contributed by atoms with Crippen molar-refractivity contribution in [2.24, 2.45) is 0 Å². The van der Waals surface area contributed by atoms with E-state index < -0.39 is 0 Å². The molecule has 1 N–H and O–H groups in total. The van der Waals surface area contributed by atoms with Gasteiger partial charge in [0.15, 0.2) is 0 Å². The van der Waals surface area contributed by atoms with Crippen molar-refractivity contribution in [1.82, 2.24) is 19.6 Å². The average molecular weight is 359 g/mol. The van der Waals surface area contributed by atoms with Crippen LogP contribution in [0.3, 0.4) is 0 Å². The number of hydrogen-bond acceptors (Lipinski definition) is 5. The second-order valence-corrected chi connectivity index (χ2v) is 7.45. The number of nitrogens with one attached hydrogen (secondary N) is 1. The van der Waals surface area contributed by atoms with Crippen molar-refractivity contribution in [1.29, 1.82) is 0 Å². The quantitative estimate of drug-likeness (QED) is 0.846. The minimum absolute atomic E-state index is 0.0190. The van der Waals surface area contributed by atoms with E-state index in [9.17, 15) is 4.79 Å². The Morgan fingerprint density at radius 1 is 0.885 bits per heavy atom. The summed E-state index contributed by atoms with van der Waals surface area (Å²) in [6.45, 7) is 2.99. The summed E-state index contributed by atoms with van der Waals surface area (Å²) in [5.41, 5.74) is 2.00. The summed E-state index contributed by atoms with van der Waals surface area (Å²) in [5, 5.41) is 4.76. The van der Waals surface area contributed by atoms with Crippen molar-refractivity contribution in [3.05, 3.63) is 21.6 Å². The molecular formula is C19H29N5O2. The summed E-state index contributed by atoms with van der Waals surface area (Å²) in [6, 6.07) is 0. The highest BCUT2D eigenvalue weighted by Crippen LogP contribution is 2.19. The van der Waals surface area contributed by atoms with Crippen molar-refractivity contribution in [2.75, 3.05) is 31.2 Å². The van der Waals surface area contributed by atoms with E-state index >= 15 is 0 Å². The van der Waals surface area contributed by atoms with Crippen LogP contribution in [0.4, 0.5) is 5.95 Å². The summed E-state index contributed by atoms with van der Waals surface area (Å²) in [7, 11) is 0. The lowest BCUT2D eigenvalue weighted by molar-refractivity contribution is 0.122. The zero-order chi connectivity index (χ0) is 17.8. The Kier molecular flexibility index (Phi) is 5.53. The SMILES string of the molecule is O=c1[nH]c2nc(N3CCOCC3)nn2c2c1CCCCCCCCCC2. The molecule has 4 rings (SSSR count). The van der Waals surface area contributed by atoms with Gasteiger partial charge in [-0.15, -0.1) is 5.10 Å². The van der Waals surface area contributed by atoms with Crippen molar-refractivity contribution in [3.8, 4) is 0 Å². The van der Waals surface area contributed by atoms with E-state index in [0.29, 0.717) is 24.9 Å². The molecular weight excluding hydrogens is 330 g/mol. The number of fused-ring (bicyclic) bond motifs is 3. The Balaban J connectivity index is 1.70. The van der Waals surface area contributed by atoms with Crippen LogP contribution in [0.1, 0.15) is 62.6 Å². The largest absolute Gasteiger partial charge is 0.378 e. The van der Waals surface area contributed by atoms with E-state index in [2.05, 4.69) is 14.9 Å². The fourth-order valence-corrected chi connectivity index (χ4v) is 4.07. The van der Waals surface area contributed by atoms with Crippen LogP contribution in [0.25, 0.3) is 5.78 Å². The second kappa shape index (κ2) is 8.20. The first-order chi connectivity index (χ1) is 12.8. The van der Waals surface area contributed by atoms with Gasteiger partial charge < -0.3 is 9.64 Å². The highest BCUT2D eigenvalue weighted by molar-refractivity contribution is 5.42. The molecule has 1 saturated heterocycles. The molecule has 2 aromatic heterocycles. The number of anilines is 1. The standard InChI is InChI=1S/C19H29N5O2/c25-17-15-9-7-5-3-1-2-4-6-8-10-16(15)24-18(20-17)21-19(22-24)23-11-13-26-14-12-23/h1-14H2,(H,20,21,22,25). The topological polar surface area (TPSA) is 75.5 Å². The molecule has 0 aromatic carbocycles. The zero-order valence-corrected chi connectivity index (χ0v) is 15.5. The van der Waals surface area contributed by atoms with Crippen LogP contribution in [0.2, 0.25) is 0 Å². The maximum Gasteiger partial charge on any atom is 0.255 e. The first-order valence-corrected chi connectivity index (χ1v) is 10.2. The predicted molar refractivity (Wildman–Crippen MR) is 101 cm³/mol. The van der Waals surface area contributed by atoms with E-state index in [1.807, 2.05) is 4.52 Å². The van der Waals surface area contributed by atoms with E-state index in [-0.39, 0.29) is 5.56 Å². The number of aryl methyl sites for hydroxylation is 1. The molecule has 2 aliphatic rings. The van der Waals surface area contributed by atoms with E-state index in [1.54, 1.807) is 0 Å². The summed E-state index contributed by atoms with van der Waals surface area (Å²) < 4.78 is 7.32. The fourth-order valence-electron chi connectivity index (χ4n) is 4.07. The third kappa shape index (κ3) is 3.77. The van der Waals surface area contributed by atoms with Crippen molar-refractivity contribution in [2.45, 2.75) is 64.2 Å². The summed E-state index contributed by atoms with van der Waals surface area (Å²) >= 11 is 0. The Labute approximate surface area is 153 Å². The van der Waals surface area contributed by atoms with E-state index in [1.165, 1.54) is 38.5 Å². The maximum absolute atomic E-state index is 12.7. The number of nitrogens with zero attached hydrogens (tertiary/aromatic N) is 4. The second-order valence-electron chi connectivity index (χ2n) is 7.45. The van der Waals surface area contributed by atoms with Crippen LogP contribution in [0, 0.1) is 0 Å². The van der Waals surface area contributed by atoms with Gasteiger partial charge in [-0.3, -0.25) is 9.78 Å². The molecule has 0 saturated carbocycles. The van der Waals surface area contributed by atoms with Gasteiger partial charge in [0.1, 0.15) is 0 Å². The lowest BCUT2D eigenvalue weighted by Gasteiger charge is -2.25. The van der Waals surface area contributed by atoms with E-state index in [0.717, 1.165) is 50.0 Å². The van der Waals surface area contributed by atoms with Crippen LogP contribution in [0.15, 0.2) is 4.79 Å². The number of aromatic nitrogens is 4. The highest BCUT2D eigenvalue weighted by atomic mass is 16.5. The summed E-state index contributed by atoms with van der Waals surface area (Å²) in [4.78, 5) is 22.4. The van der Waals surface area contributed by atoms with Gasteiger partial charge in [0.2, 0.25) is 11.7 Å². The smallest absolute Gasteiger partial charge is 0.255 e. The molecule has 0 radical (unpaired) electrons. The molecule has 1 aliphatic heterocycles. The first kappa shape index (κ1) is 17.5. The van der Waals surface area contributed by atoms with Crippen LogP contribution < -0.4 is 10.5 Å². The third-order valence-electron chi connectivity index (χ3n) is 5.58. The summed E-state index contributed by atoms with van der Waals surface area (Å²) in [5.74, 6) is 1.27. The number of hydrogen-bond donors (Lipinski definition) is 1. The lowest BCUT2D eigenvalue weighted by Crippen LogP contribution is -2.36.